The molecule has 0 aliphatic rings. The van der Waals surface area contributed by atoms with Crippen LogP contribution in [0.5, 0.6) is 0 Å². The van der Waals surface area contributed by atoms with Crippen molar-refractivity contribution in [3.63, 3.8) is 0 Å². The Morgan fingerprint density at radius 2 is 0.938 bits per heavy atom. The van der Waals surface area contributed by atoms with E-state index in [0.717, 1.165) is 0 Å². The largest absolute Gasteiger partial charge is 0.399 e. The normalized spacial score (nSPS) is 11.1. The van der Waals surface area contributed by atoms with Crippen molar-refractivity contribution in [3.8, 4) is 0 Å². The van der Waals surface area contributed by atoms with E-state index in [2.05, 4.69) is 13.2 Å². The predicted molar refractivity (Wildman–Crippen MR) is 38.4 cm³/mol. The molecule has 0 aliphatic heterocycles. The standard InChI is InChI=1S/C5F6O3.C2H4/c6-2(13)4(8,9)1(12)5(10,11)3(7)14;1-2/h;1-2H2. The highest BCUT2D eigenvalue weighted by atomic mass is 19.3. The maximum atomic E-state index is 11.9. The fraction of sp³-hybridized carbons (Fsp3) is 0.286. The van der Waals surface area contributed by atoms with Crippen molar-refractivity contribution in [2.24, 2.45) is 0 Å². The van der Waals surface area contributed by atoms with Gasteiger partial charge in [0.05, 0.1) is 0 Å². The molecule has 0 saturated heterocycles. The molecule has 0 amide bonds. The van der Waals surface area contributed by atoms with E-state index < -0.39 is 29.7 Å². The number of halogens is 6. The Hall–Kier alpha value is -1.67. The zero-order valence-electron chi connectivity index (χ0n) is 7.41. The van der Waals surface area contributed by atoms with Crippen molar-refractivity contribution in [2.75, 3.05) is 0 Å². The van der Waals surface area contributed by atoms with Crippen LogP contribution in [0.3, 0.4) is 0 Å². The van der Waals surface area contributed by atoms with Gasteiger partial charge in [-0.05, 0) is 0 Å². The first-order valence-corrected chi connectivity index (χ1v) is 3.25. The Morgan fingerprint density at radius 3 is 1.06 bits per heavy atom. The molecule has 0 aromatic heterocycles. The summed E-state index contributed by atoms with van der Waals surface area (Å²) in [4.78, 5) is 28.7. The molecule has 0 saturated carbocycles. The highest BCUT2D eigenvalue weighted by molar-refractivity contribution is 6.16. The summed E-state index contributed by atoms with van der Waals surface area (Å²) in [5.41, 5.74) is 0. The molecule has 92 valence electrons. The number of alkyl halides is 4. The van der Waals surface area contributed by atoms with E-state index in [0.29, 0.717) is 0 Å². The summed E-state index contributed by atoms with van der Waals surface area (Å²) in [5, 5.41) is 0. The van der Waals surface area contributed by atoms with E-state index in [1.807, 2.05) is 0 Å². The monoisotopic (exact) mass is 250 g/mol. The van der Waals surface area contributed by atoms with Crippen LogP contribution in [-0.4, -0.2) is 29.7 Å². The molecule has 0 rings (SSSR count). The van der Waals surface area contributed by atoms with Gasteiger partial charge in [-0.15, -0.1) is 13.2 Å². The molecule has 16 heavy (non-hydrogen) atoms. The zero-order valence-corrected chi connectivity index (χ0v) is 7.41. The number of carbonyl (C=O) groups excluding carboxylic acids is 3. The Morgan fingerprint density at radius 1 is 0.750 bits per heavy atom. The fourth-order valence-corrected chi connectivity index (χ4v) is 0.376. The molecule has 3 nitrogen and oxygen atoms in total. The van der Waals surface area contributed by atoms with Gasteiger partial charge >= 0.3 is 23.9 Å². The second-order valence-electron chi connectivity index (χ2n) is 2.03. The highest BCUT2D eigenvalue weighted by Gasteiger charge is 2.63. The molecule has 0 heterocycles. The van der Waals surface area contributed by atoms with E-state index in [1.165, 1.54) is 0 Å². The predicted octanol–water partition coefficient (Wildman–Crippen LogP) is 1.62. The van der Waals surface area contributed by atoms with Crippen molar-refractivity contribution in [2.45, 2.75) is 11.8 Å². The van der Waals surface area contributed by atoms with Gasteiger partial charge in [-0.3, -0.25) is 14.4 Å². The molecule has 0 spiro atoms. The Kier molecular flexibility index (Phi) is 5.68. The van der Waals surface area contributed by atoms with Crippen molar-refractivity contribution in [1.29, 1.82) is 0 Å². The van der Waals surface area contributed by atoms with Crippen molar-refractivity contribution in [1.82, 2.24) is 0 Å². The SMILES string of the molecule is C=C.O=C(F)C(F)(F)C(=O)C(F)(F)C(=O)F. The Labute approximate surface area is 84.7 Å². The number of hydrogen-bond donors (Lipinski definition) is 0. The third kappa shape index (κ3) is 3.17. The van der Waals surface area contributed by atoms with Crippen LogP contribution < -0.4 is 0 Å². The maximum absolute atomic E-state index is 11.9. The van der Waals surface area contributed by atoms with Crippen molar-refractivity contribution >= 4 is 17.9 Å². The highest BCUT2D eigenvalue weighted by Crippen LogP contribution is 2.28. The third-order valence-corrected chi connectivity index (χ3v) is 1.06. The first kappa shape index (κ1) is 16.7. The van der Waals surface area contributed by atoms with Crippen LogP contribution in [0.15, 0.2) is 13.2 Å². The van der Waals surface area contributed by atoms with Gasteiger partial charge in [0.25, 0.3) is 5.78 Å². The number of hydrogen-bond acceptors (Lipinski definition) is 3. The van der Waals surface area contributed by atoms with Crippen LogP contribution in [0.25, 0.3) is 0 Å². The van der Waals surface area contributed by atoms with Gasteiger partial charge in [0.1, 0.15) is 0 Å². The van der Waals surface area contributed by atoms with Gasteiger partial charge in [-0.1, -0.05) is 0 Å². The summed E-state index contributed by atoms with van der Waals surface area (Å²) in [6.45, 7) is 6.00. The summed E-state index contributed by atoms with van der Waals surface area (Å²) in [7, 11) is 0. The number of carbonyl (C=O) groups is 3. The van der Waals surface area contributed by atoms with Crippen LogP contribution in [0.4, 0.5) is 26.3 Å². The average Bonchev–Trinajstić information content (AvgIpc) is 2.19. The van der Waals surface area contributed by atoms with Crippen LogP contribution in [0.1, 0.15) is 0 Å². The van der Waals surface area contributed by atoms with E-state index in [1.54, 1.807) is 0 Å². The van der Waals surface area contributed by atoms with E-state index in [9.17, 15) is 40.7 Å². The molecular weight excluding hydrogens is 246 g/mol. The lowest BCUT2D eigenvalue weighted by Gasteiger charge is -2.13. The molecule has 0 aromatic carbocycles. The fourth-order valence-electron chi connectivity index (χ4n) is 0.376. The van der Waals surface area contributed by atoms with Crippen LogP contribution >= 0.6 is 0 Å². The Balaban J connectivity index is 0. The molecule has 0 radical (unpaired) electrons. The number of rotatable bonds is 4. The topological polar surface area (TPSA) is 51.2 Å². The molecule has 0 aromatic rings. The molecule has 0 aliphatic carbocycles. The summed E-state index contributed by atoms with van der Waals surface area (Å²) < 4.78 is 70.4. The third-order valence-electron chi connectivity index (χ3n) is 1.06. The van der Waals surface area contributed by atoms with Gasteiger partial charge in [-0.2, -0.15) is 26.3 Å². The van der Waals surface area contributed by atoms with Crippen LogP contribution in [-0.2, 0) is 14.4 Å². The van der Waals surface area contributed by atoms with Crippen molar-refractivity contribution in [3.05, 3.63) is 13.2 Å². The van der Waals surface area contributed by atoms with E-state index in [-0.39, 0.29) is 0 Å². The van der Waals surface area contributed by atoms with Crippen LogP contribution in [0, 0.1) is 0 Å². The first-order valence-electron chi connectivity index (χ1n) is 3.25. The van der Waals surface area contributed by atoms with Gasteiger partial charge in [0, 0.05) is 0 Å². The lowest BCUT2D eigenvalue weighted by molar-refractivity contribution is -0.185. The molecule has 9 heteroatoms. The summed E-state index contributed by atoms with van der Waals surface area (Å²) in [6, 6.07) is -7.38. The second kappa shape index (κ2) is 5.42. The number of Topliss-reactive ketones (excluding diaryl/α,β-unsaturated/α-hetero) is 1. The summed E-state index contributed by atoms with van der Waals surface area (Å²) in [6.07, 6.45) is 0. The van der Waals surface area contributed by atoms with E-state index >= 15 is 0 Å². The van der Waals surface area contributed by atoms with Gasteiger partial charge < -0.3 is 0 Å². The molecule has 0 fully saturated rings. The Bertz CT molecular complexity index is 283. The van der Waals surface area contributed by atoms with Gasteiger partial charge in [0.2, 0.25) is 0 Å². The molecule has 0 N–H and O–H groups in total. The minimum atomic E-state index is -5.73. The average molecular weight is 250 g/mol. The minimum absolute atomic E-state index is 3.00. The number of ketones is 1. The first-order chi connectivity index (χ1) is 7.04. The second-order valence-corrected chi connectivity index (χ2v) is 2.03. The van der Waals surface area contributed by atoms with Crippen LogP contribution in [0.2, 0.25) is 0 Å². The van der Waals surface area contributed by atoms with Gasteiger partial charge in [-0.25, -0.2) is 0 Å². The minimum Gasteiger partial charge on any atom is -0.285 e. The molecule has 0 bridgehead atoms. The summed E-state index contributed by atoms with van der Waals surface area (Å²) >= 11 is 0. The lowest BCUT2D eigenvalue weighted by atomic mass is 10.1. The maximum Gasteiger partial charge on any atom is 0.399 e. The lowest BCUT2D eigenvalue weighted by Crippen LogP contribution is -2.49. The zero-order chi connectivity index (χ0) is 13.7. The van der Waals surface area contributed by atoms with Crippen molar-refractivity contribution < 1.29 is 40.7 Å². The quantitative estimate of drug-likeness (QED) is 0.329. The van der Waals surface area contributed by atoms with Gasteiger partial charge in [0.15, 0.2) is 0 Å². The smallest absolute Gasteiger partial charge is 0.285 e. The molecule has 0 unspecified atom stereocenters. The molecular formula is C7H4F6O3. The molecule has 0 atom stereocenters. The van der Waals surface area contributed by atoms with E-state index in [4.69, 9.17) is 0 Å². The summed E-state index contributed by atoms with van der Waals surface area (Å²) in [5.74, 6) is -15.2.